The molecule has 2 aromatic carbocycles. The SMILES string of the molecule is COc1ccc(CCNC(=O)C(=O)N/N=C\c2cc(C)n(-c3cc(C)cc(C)c3)c2C)cc1OC. The fourth-order valence-electron chi connectivity index (χ4n) is 4.04. The molecule has 0 bridgehead atoms. The van der Waals surface area contributed by atoms with Gasteiger partial charge in [0.15, 0.2) is 11.5 Å². The van der Waals surface area contributed by atoms with Crippen molar-refractivity contribution in [3.05, 3.63) is 76.1 Å². The Morgan fingerprint density at radius 3 is 2.26 bits per heavy atom. The topological polar surface area (TPSA) is 94.0 Å². The first-order valence-corrected chi connectivity index (χ1v) is 11.3. The molecule has 0 saturated heterocycles. The molecule has 35 heavy (non-hydrogen) atoms. The molecule has 0 unspecified atom stereocenters. The van der Waals surface area contributed by atoms with Gasteiger partial charge in [0, 0.05) is 29.2 Å². The van der Waals surface area contributed by atoms with Gasteiger partial charge in [-0.25, -0.2) is 5.43 Å². The molecule has 2 N–H and O–H groups in total. The average molecular weight is 477 g/mol. The van der Waals surface area contributed by atoms with Crippen molar-refractivity contribution in [2.24, 2.45) is 5.10 Å². The van der Waals surface area contributed by atoms with Crippen LogP contribution in [0.2, 0.25) is 0 Å². The quantitative estimate of drug-likeness (QED) is 0.295. The van der Waals surface area contributed by atoms with Gasteiger partial charge in [-0.1, -0.05) is 12.1 Å². The first-order valence-electron chi connectivity index (χ1n) is 11.3. The van der Waals surface area contributed by atoms with Crippen LogP contribution in [0.15, 0.2) is 47.6 Å². The number of amides is 2. The van der Waals surface area contributed by atoms with Gasteiger partial charge in [-0.05, 0) is 81.1 Å². The van der Waals surface area contributed by atoms with Gasteiger partial charge in [0.25, 0.3) is 0 Å². The van der Waals surface area contributed by atoms with Gasteiger partial charge in [0.1, 0.15) is 0 Å². The first kappa shape index (κ1) is 25.6. The molecule has 1 aromatic heterocycles. The van der Waals surface area contributed by atoms with E-state index in [1.807, 2.05) is 32.0 Å². The predicted octanol–water partition coefficient (Wildman–Crippen LogP) is 3.54. The Labute approximate surface area is 205 Å². The van der Waals surface area contributed by atoms with E-state index in [-0.39, 0.29) is 0 Å². The summed E-state index contributed by atoms with van der Waals surface area (Å²) in [7, 11) is 3.14. The highest BCUT2D eigenvalue weighted by atomic mass is 16.5. The number of carbonyl (C=O) groups excluding carboxylic acids is 2. The highest BCUT2D eigenvalue weighted by molar-refractivity contribution is 6.35. The highest BCUT2D eigenvalue weighted by Crippen LogP contribution is 2.27. The van der Waals surface area contributed by atoms with Crippen molar-refractivity contribution in [1.82, 2.24) is 15.3 Å². The maximum atomic E-state index is 12.1. The van der Waals surface area contributed by atoms with Gasteiger partial charge in [-0.3, -0.25) is 9.59 Å². The summed E-state index contributed by atoms with van der Waals surface area (Å²) in [4.78, 5) is 24.3. The van der Waals surface area contributed by atoms with Gasteiger partial charge in [-0.2, -0.15) is 5.10 Å². The van der Waals surface area contributed by atoms with Gasteiger partial charge >= 0.3 is 11.8 Å². The number of methoxy groups -OCH3 is 2. The van der Waals surface area contributed by atoms with Gasteiger partial charge < -0.3 is 19.4 Å². The number of nitrogens with one attached hydrogen (secondary N) is 2. The molecule has 8 nitrogen and oxygen atoms in total. The lowest BCUT2D eigenvalue weighted by Crippen LogP contribution is -2.38. The van der Waals surface area contributed by atoms with Crippen LogP contribution >= 0.6 is 0 Å². The summed E-state index contributed by atoms with van der Waals surface area (Å²) in [6.45, 7) is 8.45. The van der Waals surface area contributed by atoms with E-state index in [0.717, 1.165) is 28.2 Å². The standard InChI is InChI=1S/C27H32N4O4/c1-17-11-18(2)13-23(12-17)31-19(3)14-22(20(31)4)16-29-30-27(33)26(32)28-10-9-21-7-8-24(34-5)25(15-21)35-6/h7-8,11-16H,9-10H2,1-6H3,(H,28,32)(H,30,33)/b29-16-. The molecule has 0 aliphatic rings. The second kappa shape index (κ2) is 11.4. The maximum Gasteiger partial charge on any atom is 0.329 e. The minimum absolute atomic E-state index is 0.294. The van der Waals surface area contributed by atoms with E-state index in [1.54, 1.807) is 26.5 Å². The smallest absolute Gasteiger partial charge is 0.329 e. The molecule has 0 saturated carbocycles. The zero-order valence-corrected chi connectivity index (χ0v) is 21.1. The normalized spacial score (nSPS) is 10.9. The summed E-state index contributed by atoms with van der Waals surface area (Å²) in [6, 6.07) is 13.9. The van der Waals surface area contributed by atoms with Gasteiger partial charge in [0.2, 0.25) is 0 Å². The Hall–Kier alpha value is -4.07. The summed E-state index contributed by atoms with van der Waals surface area (Å²) in [5.41, 5.74) is 9.59. The second-order valence-corrected chi connectivity index (χ2v) is 8.40. The zero-order chi connectivity index (χ0) is 25.5. The van der Waals surface area contributed by atoms with Crippen molar-refractivity contribution < 1.29 is 19.1 Å². The van der Waals surface area contributed by atoms with E-state index >= 15 is 0 Å². The Morgan fingerprint density at radius 2 is 1.60 bits per heavy atom. The van der Waals surface area contributed by atoms with E-state index in [4.69, 9.17) is 9.47 Å². The Bertz CT molecular complexity index is 1240. The predicted molar refractivity (Wildman–Crippen MR) is 137 cm³/mol. The van der Waals surface area contributed by atoms with Crippen molar-refractivity contribution >= 4 is 18.0 Å². The molecule has 0 fully saturated rings. The molecule has 2 amide bonds. The highest BCUT2D eigenvalue weighted by Gasteiger charge is 2.13. The van der Waals surface area contributed by atoms with Crippen LogP contribution in [-0.4, -0.2) is 43.4 Å². The monoisotopic (exact) mass is 476 g/mol. The second-order valence-electron chi connectivity index (χ2n) is 8.40. The van der Waals surface area contributed by atoms with Crippen molar-refractivity contribution in [3.8, 4) is 17.2 Å². The third kappa shape index (κ3) is 6.29. The van der Waals surface area contributed by atoms with Gasteiger partial charge in [0.05, 0.1) is 20.4 Å². The molecule has 0 spiro atoms. The third-order valence-corrected chi connectivity index (χ3v) is 5.66. The van der Waals surface area contributed by atoms with E-state index in [9.17, 15) is 9.59 Å². The number of carbonyl (C=O) groups is 2. The van der Waals surface area contributed by atoms with E-state index in [2.05, 4.69) is 52.5 Å². The summed E-state index contributed by atoms with van der Waals surface area (Å²) in [5.74, 6) is -0.326. The Kier molecular flexibility index (Phi) is 8.30. The Balaban J connectivity index is 1.56. The number of benzene rings is 2. The van der Waals surface area contributed by atoms with Crippen LogP contribution < -0.4 is 20.2 Å². The van der Waals surface area contributed by atoms with Gasteiger partial charge in [-0.15, -0.1) is 0 Å². The van der Waals surface area contributed by atoms with Crippen LogP contribution in [0, 0.1) is 27.7 Å². The average Bonchev–Trinajstić information content (AvgIpc) is 3.10. The van der Waals surface area contributed by atoms with Crippen LogP contribution in [0.4, 0.5) is 0 Å². The Morgan fingerprint density at radius 1 is 0.914 bits per heavy atom. The molecule has 0 atom stereocenters. The number of hydrogen-bond donors (Lipinski definition) is 2. The summed E-state index contributed by atoms with van der Waals surface area (Å²) >= 11 is 0. The number of aromatic nitrogens is 1. The molecular weight excluding hydrogens is 444 g/mol. The number of ether oxygens (including phenoxy) is 2. The number of nitrogens with zero attached hydrogens (tertiary/aromatic N) is 2. The summed E-state index contributed by atoms with van der Waals surface area (Å²) in [5, 5.41) is 6.59. The fraction of sp³-hybridized carbons (Fsp3) is 0.296. The maximum absolute atomic E-state index is 12.1. The minimum Gasteiger partial charge on any atom is -0.493 e. The number of rotatable bonds is 8. The molecule has 1 heterocycles. The summed E-state index contributed by atoms with van der Waals surface area (Å²) in [6.07, 6.45) is 2.09. The molecule has 0 aliphatic carbocycles. The molecule has 8 heteroatoms. The lowest BCUT2D eigenvalue weighted by molar-refractivity contribution is -0.139. The lowest BCUT2D eigenvalue weighted by atomic mass is 10.1. The van der Waals surface area contributed by atoms with Crippen molar-refractivity contribution in [2.45, 2.75) is 34.1 Å². The lowest BCUT2D eigenvalue weighted by Gasteiger charge is -2.11. The number of hydrazone groups is 1. The summed E-state index contributed by atoms with van der Waals surface area (Å²) < 4.78 is 12.6. The fourth-order valence-corrected chi connectivity index (χ4v) is 4.04. The largest absolute Gasteiger partial charge is 0.493 e. The van der Waals surface area contributed by atoms with Crippen LogP contribution in [-0.2, 0) is 16.0 Å². The minimum atomic E-state index is -0.823. The van der Waals surface area contributed by atoms with Crippen LogP contribution in [0.5, 0.6) is 11.5 Å². The molecule has 0 aliphatic heterocycles. The molecule has 3 aromatic rings. The van der Waals surface area contributed by atoms with E-state index in [1.165, 1.54) is 11.1 Å². The molecule has 3 rings (SSSR count). The van der Waals surface area contributed by atoms with Crippen molar-refractivity contribution in [3.63, 3.8) is 0 Å². The van der Waals surface area contributed by atoms with Crippen LogP contribution in [0.3, 0.4) is 0 Å². The zero-order valence-electron chi connectivity index (χ0n) is 21.1. The van der Waals surface area contributed by atoms with E-state index < -0.39 is 11.8 Å². The van der Waals surface area contributed by atoms with Crippen molar-refractivity contribution in [2.75, 3.05) is 20.8 Å². The molecule has 0 radical (unpaired) electrons. The third-order valence-electron chi connectivity index (χ3n) is 5.66. The first-order chi connectivity index (χ1) is 16.7. The van der Waals surface area contributed by atoms with E-state index in [0.29, 0.717) is 24.5 Å². The van der Waals surface area contributed by atoms with Crippen LogP contribution in [0.1, 0.15) is 33.6 Å². The molecule has 184 valence electrons. The number of aryl methyl sites for hydroxylation is 3. The molecular formula is C27H32N4O4. The van der Waals surface area contributed by atoms with Crippen molar-refractivity contribution in [1.29, 1.82) is 0 Å². The van der Waals surface area contributed by atoms with Crippen LogP contribution in [0.25, 0.3) is 5.69 Å². The number of hydrogen-bond acceptors (Lipinski definition) is 5.